The third-order valence-corrected chi connectivity index (χ3v) is 3.14. The van der Waals surface area contributed by atoms with E-state index in [1.807, 2.05) is 24.3 Å². The van der Waals surface area contributed by atoms with E-state index in [1.54, 1.807) is 7.11 Å². The van der Waals surface area contributed by atoms with E-state index < -0.39 is 0 Å². The van der Waals surface area contributed by atoms with Crippen LogP contribution in [0.3, 0.4) is 0 Å². The minimum atomic E-state index is 0.291. The lowest BCUT2D eigenvalue weighted by atomic mass is 10.3. The molecule has 110 valence electrons. The van der Waals surface area contributed by atoms with E-state index in [1.165, 1.54) is 0 Å². The van der Waals surface area contributed by atoms with E-state index in [9.17, 15) is 0 Å². The van der Waals surface area contributed by atoms with E-state index in [-0.39, 0.29) is 0 Å². The molecular weight excluding hydrogens is 270 g/mol. The van der Waals surface area contributed by atoms with Crippen LogP contribution in [0.1, 0.15) is 30.5 Å². The Morgan fingerprint density at radius 1 is 1.52 bits per heavy atom. The van der Waals surface area contributed by atoms with Crippen molar-refractivity contribution >= 4 is 11.6 Å². The predicted molar refractivity (Wildman–Crippen MR) is 78.2 cm³/mol. The van der Waals surface area contributed by atoms with Crippen LogP contribution in [0.4, 0.5) is 5.69 Å². The summed E-state index contributed by atoms with van der Waals surface area (Å²) in [5, 5.41) is 6.88. The lowest BCUT2D eigenvalue weighted by Gasteiger charge is -2.06. The van der Waals surface area contributed by atoms with Crippen molar-refractivity contribution in [3.63, 3.8) is 0 Å². The Hall–Kier alpha value is -2.57. The van der Waals surface area contributed by atoms with Gasteiger partial charge >= 0.3 is 0 Å². The molecule has 0 aliphatic heterocycles. The second-order valence-electron chi connectivity index (χ2n) is 4.88. The molecule has 0 amide bonds. The SMILES string of the molecule is COc1cccc(NC(N)=NCc2noc(C3CC3)n2)c1. The normalized spacial score (nSPS) is 15.0. The van der Waals surface area contributed by atoms with Crippen LogP contribution in [0.25, 0.3) is 0 Å². The highest BCUT2D eigenvalue weighted by Crippen LogP contribution is 2.38. The van der Waals surface area contributed by atoms with Crippen LogP contribution in [0.2, 0.25) is 0 Å². The third-order valence-electron chi connectivity index (χ3n) is 3.14. The fraction of sp³-hybridized carbons (Fsp3) is 0.357. The van der Waals surface area contributed by atoms with Crippen LogP contribution in [-0.2, 0) is 6.54 Å². The number of nitrogens with zero attached hydrogens (tertiary/aromatic N) is 3. The molecule has 21 heavy (non-hydrogen) atoms. The summed E-state index contributed by atoms with van der Waals surface area (Å²) < 4.78 is 10.3. The van der Waals surface area contributed by atoms with Gasteiger partial charge in [-0.1, -0.05) is 11.2 Å². The fourth-order valence-corrected chi connectivity index (χ4v) is 1.87. The number of guanidine groups is 1. The van der Waals surface area contributed by atoms with Crippen LogP contribution >= 0.6 is 0 Å². The van der Waals surface area contributed by atoms with Crippen LogP contribution in [-0.4, -0.2) is 23.2 Å². The van der Waals surface area contributed by atoms with Crippen molar-refractivity contribution in [2.45, 2.75) is 25.3 Å². The minimum absolute atomic E-state index is 0.291. The van der Waals surface area contributed by atoms with Gasteiger partial charge in [-0.15, -0.1) is 0 Å². The van der Waals surface area contributed by atoms with Gasteiger partial charge in [0, 0.05) is 17.7 Å². The topological polar surface area (TPSA) is 98.6 Å². The first-order valence-electron chi connectivity index (χ1n) is 6.78. The van der Waals surface area contributed by atoms with Gasteiger partial charge in [-0.2, -0.15) is 4.98 Å². The van der Waals surface area contributed by atoms with Crippen molar-refractivity contribution in [3.05, 3.63) is 36.0 Å². The molecular formula is C14H17N5O2. The van der Waals surface area contributed by atoms with E-state index in [2.05, 4.69) is 20.4 Å². The number of hydrogen-bond donors (Lipinski definition) is 2. The molecule has 1 heterocycles. The molecule has 0 saturated heterocycles. The van der Waals surface area contributed by atoms with Crippen molar-refractivity contribution in [1.29, 1.82) is 0 Å². The number of ether oxygens (including phenoxy) is 1. The molecule has 7 heteroatoms. The van der Waals surface area contributed by atoms with Crippen LogP contribution in [0, 0.1) is 0 Å². The van der Waals surface area contributed by atoms with Gasteiger partial charge in [-0.25, -0.2) is 4.99 Å². The fourth-order valence-electron chi connectivity index (χ4n) is 1.87. The number of aliphatic imine (C=N–C) groups is 1. The zero-order valence-corrected chi connectivity index (χ0v) is 11.7. The van der Waals surface area contributed by atoms with Gasteiger partial charge in [0.2, 0.25) is 5.89 Å². The van der Waals surface area contributed by atoms with Gasteiger partial charge < -0.3 is 20.3 Å². The van der Waals surface area contributed by atoms with Crippen molar-refractivity contribution < 1.29 is 9.26 Å². The number of anilines is 1. The van der Waals surface area contributed by atoms with E-state index in [0.29, 0.717) is 30.1 Å². The van der Waals surface area contributed by atoms with Gasteiger partial charge in [0.05, 0.1) is 7.11 Å². The molecule has 0 radical (unpaired) electrons. The van der Waals surface area contributed by atoms with E-state index in [0.717, 1.165) is 24.3 Å². The molecule has 7 nitrogen and oxygen atoms in total. The molecule has 2 aromatic rings. The lowest BCUT2D eigenvalue weighted by molar-refractivity contribution is 0.374. The number of hydrogen-bond acceptors (Lipinski definition) is 5. The molecule has 1 fully saturated rings. The summed E-state index contributed by atoms with van der Waals surface area (Å²) in [5.74, 6) is 2.75. The van der Waals surface area contributed by atoms with Gasteiger partial charge in [0.15, 0.2) is 11.8 Å². The number of benzene rings is 1. The maximum Gasteiger partial charge on any atom is 0.229 e. The Balaban J connectivity index is 1.59. The monoisotopic (exact) mass is 287 g/mol. The molecule has 1 aliphatic carbocycles. The first kappa shape index (κ1) is 13.4. The summed E-state index contributed by atoms with van der Waals surface area (Å²) in [5.41, 5.74) is 6.64. The summed E-state index contributed by atoms with van der Waals surface area (Å²) in [6, 6.07) is 7.44. The van der Waals surface area contributed by atoms with Crippen molar-refractivity contribution in [2.75, 3.05) is 12.4 Å². The zero-order chi connectivity index (χ0) is 14.7. The maximum atomic E-state index is 5.84. The molecule has 1 saturated carbocycles. The van der Waals surface area contributed by atoms with Crippen molar-refractivity contribution in [3.8, 4) is 5.75 Å². The highest BCUT2D eigenvalue weighted by atomic mass is 16.5. The Morgan fingerprint density at radius 2 is 2.38 bits per heavy atom. The van der Waals surface area contributed by atoms with E-state index >= 15 is 0 Å². The van der Waals surface area contributed by atoms with E-state index in [4.69, 9.17) is 15.0 Å². The molecule has 1 aromatic carbocycles. The van der Waals surface area contributed by atoms with Crippen molar-refractivity contribution in [2.24, 2.45) is 10.7 Å². The molecule has 1 aliphatic rings. The predicted octanol–water partition coefficient (Wildman–Crippen LogP) is 1.88. The van der Waals surface area contributed by atoms with Crippen LogP contribution < -0.4 is 15.8 Å². The average molecular weight is 287 g/mol. The van der Waals surface area contributed by atoms with Crippen LogP contribution in [0.15, 0.2) is 33.8 Å². The van der Waals surface area contributed by atoms with Crippen LogP contribution in [0.5, 0.6) is 5.75 Å². The smallest absolute Gasteiger partial charge is 0.229 e. The summed E-state index contributed by atoms with van der Waals surface area (Å²) in [7, 11) is 1.62. The number of rotatable bonds is 5. The standard InChI is InChI=1S/C14H17N5O2/c1-20-11-4-2-3-10(7-11)17-14(15)16-8-12-18-13(21-19-12)9-5-6-9/h2-4,7,9H,5-6,8H2,1H3,(H3,15,16,17). The number of aromatic nitrogens is 2. The summed E-state index contributed by atoms with van der Waals surface area (Å²) in [4.78, 5) is 8.49. The Morgan fingerprint density at radius 3 is 3.14 bits per heavy atom. The molecule has 0 spiro atoms. The molecule has 3 rings (SSSR count). The number of nitrogens with two attached hydrogens (primary N) is 1. The zero-order valence-electron chi connectivity index (χ0n) is 11.7. The summed E-state index contributed by atoms with van der Waals surface area (Å²) in [6.07, 6.45) is 2.26. The Kier molecular flexibility index (Phi) is 3.72. The maximum absolute atomic E-state index is 5.84. The highest BCUT2D eigenvalue weighted by molar-refractivity contribution is 5.92. The molecule has 1 aromatic heterocycles. The second-order valence-corrected chi connectivity index (χ2v) is 4.88. The summed E-state index contributed by atoms with van der Waals surface area (Å²) >= 11 is 0. The van der Waals surface area contributed by atoms with Gasteiger partial charge in [0.1, 0.15) is 12.3 Å². The third kappa shape index (κ3) is 3.50. The average Bonchev–Trinajstić information content (AvgIpc) is 3.24. The van der Waals surface area contributed by atoms with Gasteiger partial charge in [-0.05, 0) is 25.0 Å². The quantitative estimate of drug-likeness (QED) is 0.643. The molecule has 0 bridgehead atoms. The second kappa shape index (κ2) is 5.82. The first-order chi connectivity index (χ1) is 10.2. The lowest BCUT2D eigenvalue weighted by Crippen LogP contribution is -2.22. The number of nitrogens with one attached hydrogen (secondary N) is 1. The first-order valence-corrected chi connectivity index (χ1v) is 6.78. The van der Waals surface area contributed by atoms with Gasteiger partial charge in [0.25, 0.3) is 0 Å². The molecule has 3 N–H and O–H groups in total. The molecule has 0 unspecified atom stereocenters. The summed E-state index contributed by atoms with van der Waals surface area (Å²) in [6.45, 7) is 0.291. The highest BCUT2D eigenvalue weighted by Gasteiger charge is 2.29. The Labute approximate surface area is 122 Å². The largest absolute Gasteiger partial charge is 0.497 e. The molecule has 0 atom stereocenters. The Bertz CT molecular complexity index is 648. The number of methoxy groups -OCH3 is 1. The van der Waals surface area contributed by atoms with Gasteiger partial charge in [-0.3, -0.25) is 0 Å². The minimum Gasteiger partial charge on any atom is -0.497 e. The van der Waals surface area contributed by atoms with Crippen molar-refractivity contribution in [1.82, 2.24) is 10.1 Å².